The van der Waals surface area contributed by atoms with Crippen LogP contribution < -0.4 is 11.1 Å². The molecule has 0 atom stereocenters. The van der Waals surface area contributed by atoms with Crippen molar-refractivity contribution in [1.29, 1.82) is 0 Å². The maximum Gasteiger partial charge on any atom is 0.259 e. The molecule has 0 fully saturated rings. The van der Waals surface area contributed by atoms with Gasteiger partial charge in [-0.3, -0.25) is 9.59 Å². The Kier molecular flexibility index (Phi) is 7.97. The summed E-state index contributed by atoms with van der Waals surface area (Å²) in [5, 5.41) is 6.96. The van der Waals surface area contributed by atoms with Crippen LogP contribution >= 0.6 is 15.9 Å². The molecule has 3 N–H and O–H groups in total. The number of nitrogens with one attached hydrogen (secondary N) is 1. The highest BCUT2D eigenvalue weighted by molar-refractivity contribution is 9.10. The summed E-state index contributed by atoms with van der Waals surface area (Å²) in [6, 6.07) is 22.6. The molecule has 4 aromatic rings. The van der Waals surface area contributed by atoms with E-state index in [1.807, 2.05) is 66.7 Å². The van der Waals surface area contributed by atoms with Crippen LogP contribution in [0.15, 0.2) is 81.8 Å². The summed E-state index contributed by atoms with van der Waals surface area (Å²) >= 11 is 3.44. The van der Waals surface area contributed by atoms with E-state index in [1.54, 1.807) is 24.8 Å². The molecule has 0 spiro atoms. The predicted molar refractivity (Wildman–Crippen MR) is 142 cm³/mol. The minimum Gasteiger partial charge on any atom is -0.361 e. The summed E-state index contributed by atoms with van der Waals surface area (Å²) in [7, 11) is 0. The molecule has 0 saturated heterocycles. The molecule has 0 unspecified atom stereocenters. The van der Waals surface area contributed by atoms with Crippen LogP contribution in [0.25, 0.3) is 0 Å². The third-order valence-corrected chi connectivity index (χ3v) is 6.57. The van der Waals surface area contributed by atoms with E-state index in [9.17, 15) is 9.59 Å². The number of aryl methyl sites for hydroxylation is 2. The van der Waals surface area contributed by atoms with E-state index in [2.05, 4.69) is 26.4 Å². The maximum atomic E-state index is 13.7. The third-order valence-electron chi connectivity index (χ3n) is 5.88. The van der Waals surface area contributed by atoms with Crippen LogP contribution in [-0.2, 0) is 19.6 Å². The Morgan fingerprint density at radius 2 is 1.69 bits per heavy atom. The smallest absolute Gasteiger partial charge is 0.259 e. The van der Waals surface area contributed by atoms with Crippen LogP contribution in [0.4, 0.5) is 5.69 Å². The van der Waals surface area contributed by atoms with Crippen molar-refractivity contribution in [2.75, 3.05) is 5.32 Å². The number of hydrogen-bond donors (Lipinski definition) is 2. The highest BCUT2D eigenvalue weighted by Gasteiger charge is 2.25. The quantitative estimate of drug-likeness (QED) is 0.299. The van der Waals surface area contributed by atoms with Gasteiger partial charge in [-0.2, -0.15) is 0 Å². The van der Waals surface area contributed by atoms with Crippen LogP contribution in [-0.4, -0.2) is 21.9 Å². The van der Waals surface area contributed by atoms with Gasteiger partial charge >= 0.3 is 0 Å². The first-order valence-corrected chi connectivity index (χ1v) is 12.3. The van der Waals surface area contributed by atoms with Crippen LogP contribution in [0.1, 0.15) is 48.9 Å². The lowest BCUT2D eigenvalue weighted by atomic mass is 10.1. The van der Waals surface area contributed by atoms with Crippen molar-refractivity contribution in [3.05, 3.63) is 117 Å². The summed E-state index contributed by atoms with van der Waals surface area (Å²) < 4.78 is 5.97. The molecular weight excluding hydrogens is 520 g/mol. The van der Waals surface area contributed by atoms with Gasteiger partial charge in [0.1, 0.15) is 11.3 Å². The van der Waals surface area contributed by atoms with E-state index in [-0.39, 0.29) is 18.4 Å². The molecule has 4 rings (SSSR count). The standard InChI is InChI=1S/C28H27BrN4O3/c1-18-26(19(2)36-32-18)28(35)33(16-21-9-7-8-20(14-21)15-30)17-22-10-3-6-13-25(22)31-27(34)23-11-4-5-12-24(23)29/h3-14H,15-17,30H2,1-2H3,(H,31,34). The van der Waals surface area contributed by atoms with E-state index < -0.39 is 0 Å². The third kappa shape index (κ3) is 5.72. The SMILES string of the molecule is Cc1noc(C)c1C(=O)N(Cc1cccc(CN)c1)Cc1ccccc1NC(=O)c1ccccc1Br. The molecule has 0 radical (unpaired) electrons. The normalized spacial score (nSPS) is 10.8. The van der Waals surface area contributed by atoms with Crippen LogP contribution in [0.3, 0.4) is 0 Å². The molecule has 0 aliphatic carbocycles. The second-order valence-electron chi connectivity index (χ2n) is 8.48. The lowest BCUT2D eigenvalue weighted by Gasteiger charge is -2.25. The van der Waals surface area contributed by atoms with E-state index in [0.29, 0.717) is 45.8 Å². The van der Waals surface area contributed by atoms with E-state index in [1.165, 1.54) is 0 Å². The second kappa shape index (κ2) is 11.3. The first-order chi connectivity index (χ1) is 17.4. The zero-order valence-electron chi connectivity index (χ0n) is 20.1. The zero-order valence-corrected chi connectivity index (χ0v) is 21.7. The Hall–Kier alpha value is -3.75. The number of carbonyl (C=O) groups is 2. The molecule has 1 aromatic heterocycles. The molecule has 184 valence electrons. The zero-order chi connectivity index (χ0) is 25.7. The molecule has 0 bridgehead atoms. The van der Waals surface area contributed by atoms with Crippen LogP contribution in [0.2, 0.25) is 0 Å². The van der Waals surface area contributed by atoms with E-state index >= 15 is 0 Å². The van der Waals surface area contributed by atoms with Gasteiger partial charge in [-0.15, -0.1) is 0 Å². The van der Waals surface area contributed by atoms with Crippen LogP contribution in [0.5, 0.6) is 0 Å². The number of aromatic nitrogens is 1. The molecular formula is C28H27BrN4O3. The lowest BCUT2D eigenvalue weighted by Crippen LogP contribution is -2.31. The second-order valence-corrected chi connectivity index (χ2v) is 9.33. The largest absolute Gasteiger partial charge is 0.361 e. The van der Waals surface area contributed by atoms with Gasteiger partial charge in [0.05, 0.1) is 11.3 Å². The van der Waals surface area contributed by atoms with Crippen molar-refractivity contribution < 1.29 is 14.1 Å². The van der Waals surface area contributed by atoms with E-state index in [4.69, 9.17) is 10.3 Å². The number of para-hydroxylation sites is 1. The Labute approximate surface area is 218 Å². The lowest BCUT2D eigenvalue weighted by molar-refractivity contribution is 0.0728. The molecule has 2 amide bonds. The molecule has 0 aliphatic heterocycles. The minimum absolute atomic E-state index is 0.198. The molecule has 0 aliphatic rings. The Bertz CT molecular complexity index is 1380. The summed E-state index contributed by atoms with van der Waals surface area (Å²) in [5.74, 6) is 0.0271. The monoisotopic (exact) mass is 546 g/mol. The fourth-order valence-electron chi connectivity index (χ4n) is 4.04. The van der Waals surface area contributed by atoms with Crippen molar-refractivity contribution in [3.63, 3.8) is 0 Å². The fraction of sp³-hybridized carbons (Fsp3) is 0.179. The van der Waals surface area contributed by atoms with Gasteiger partial charge in [-0.1, -0.05) is 59.8 Å². The molecule has 8 heteroatoms. The Morgan fingerprint density at radius 1 is 0.972 bits per heavy atom. The number of nitrogens with two attached hydrogens (primary N) is 1. The summed E-state index contributed by atoms with van der Waals surface area (Å²) in [4.78, 5) is 28.4. The van der Waals surface area contributed by atoms with Gasteiger partial charge in [-0.05, 0) is 64.7 Å². The number of halogens is 1. The van der Waals surface area contributed by atoms with Gasteiger partial charge in [0.2, 0.25) is 0 Å². The average Bonchev–Trinajstić information content (AvgIpc) is 3.22. The molecule has 3 aromatic carbocycles. The molecule has 36 heavy (non-hydrogen) atoms. The van der Waals surface area contributed by atoms with E-state index in [0.717, 1.165) is 16.7 Å². The Morgan fingerprint density at radius 3 is 2.42 bits per heavy atom. The molecule has 1 heterocycles. The first kappa shape index (κ1) is 25.3. The number of anilines is 1. The Balaban J connectivity index is 1.66. The number of carbonyl (C=O) groups excluding carboxylic acids is 2. The van der Waals surface area contributed by atoms with Crippen LogP contribution in [0, 0.1) is 13.8 Å². The topological polar surface area (TPSA) is 101 Å². The predicted octanol–water partition coefficient (Wildman–Crippen LogP) is 5.61. The fourth-order valence-corrected chi connectivity index (χ4v) is 4.51. The van der Waals surface area contributed by atoms with Gasteiger partial charge < -0.3 is 20.5 Å². The number of rotatable bonds is 8. The highest BCUT2D eigenvalue weighted by atomic mass is 79.9. The van der Waals surface area contributed by atoms with Gasteiger partial charge in [0, 0.05) is 29.8 Å². The number of benzene rings is 3. The minimum atomic E-state index is -0.242. The van der Waals surface area contributed by atoms with Crippen molar-refractivity contribution in [2.45, 2.75) is 33.5 Å². The van der Waals surface area contributed by atoms with Gasteiger partial charge in [0.25, 0.3) is 11.8 Å². The maximum absolute atomic E-state index is 13.7. The summed E-state index contributed by atoms with van der Waals surface area (Å²) in [6.45, 7) is 4.51. The van der Waals surface area contributed by atoms with Crippen molar-refractivity contribution in [1.82, 2.24) is 10.1 Å². The van der Waals surface area contributed by atoms with Gasteiger partial charge in [0.15, 0.2) is 0 Å². The average molecular weight is 547 g/mol. The number of hydrogen-bond acceptors (Lipinski definition) is 5. The summed E-state index contributed by atoms with van der Waals surface area (Å²) in [6.07, 6.45) is 0. The number of nitrogens with zero attached hydrogens (tertiary/aromatic N) is 2. The molecule has 7 nitrogen and oxygen atoms in total. The molecule has 0 saturated carbocycles. The summed E-state index contributed by atoms with van der Waals surface area (Å²) in [5.41, 5.74) is 10.7. The highest BCUT2D eigenvalue weighted by Crippen LogP contribution is 2.24. The van der Waals surface area contributed by atoms with Crippen molar-refractivity contribution >= 4 is 33.4 Å². The number of amides is 2. The van der Waals surface area contributed by atoms with Gasteiger partial charge in [-0.25, -0.2) is 0 Å². The first-order valence-electron chi connectivity index (χ1n) is 11.5. The van der Waals surface area contributed by atoms with Crippen molar-refractivity contribution in [2.24, 2.45) is 5.73 Å². The van der Waals surface area contributed by atoms with Crippen molar-refractivity contribution in [3.8, 4) is 0 Å².